The Morgan fingerprint density at radius 3 is 2.93 bits per heavy atom. The third-order valence-corrected chi connectivity index (χ3v) is 5.04. The molecule has 3 amide bonds. The minimum atomic E-state index is -0.642. The van der Waals surface area contributed by atoms with Crippen LogP contribution in [0.4, 0.5) is 20.6 Å². The zero-order valence-corrected chi connectivity index (χ0v) is 15.4. The van der Waals surface area contributed by atoms with Gasteiger partial charge in [-0.3, -0.25) is 9.69 Å². The van der Waals surface area contributed by atoms with E-state index < -0.39 is 11.8 Å². The Kier molecular flexibility index (Phi) is 4.87. The van der Waals surface area contributed by atoms with Gasteiger partial charge in [0.05, 0.1) is 5.69 Å². The largest absolute Gasteiger partial charge is 0.478 e. The minimum absolute atomic E-state index is 0.0203. The lowest BCUT2D eigenvalue weighted by Crippen LogP contribution is -2.46. The number of carbonyl (C=O) groups is 2. The van der Waals surface area contributed by atoms with Crippen molar-refractivity contribution in [2.24, 2.45) is 0 Å². The lowest BCUT2D eigenvalue weighted by molar-refractivity contribution is -0.118. The van der Waals surface area contributed by atoms with E-state index in [0.717, 1.165) is 13.0 Å². The molecule has 8 heteroatoms. The molecule has 2 aliphatic heterocycles. The van der Waals surface area contributed by atoms with Crippen molar-refractivity contribution >= 4 is 23.3 Å². The van der Waals surface area contributed by atoms with Crippen molar-refractivity contribution in [1.82, 2.24) is 10.2 Å². The quantitative estimate of drug-likeness (QED) is 0.759. The van der Waals surface area contributed by atoms with Gasteiger partial charge < -0.3 is 20.7 Å². The molecule has 7 nitrogen and oxygen atoms in total. The van der Waals surface area contributed by atoms with E-state index in [1.54, 1.807) is 0 Å². The fourth-order valence-corrected chi connectivity index (χ4v) is 3.56. The van der Waals surface area contributed by atoms with Gasteiger partial charge in [0.1, 0.15) is 0 Å². The summed E-state index contributed by atoms with van der Waals surface area (Å²) >= 11 is 0. The minimum Gasteiger partial charge on any atom is -0.478 e. The van der Waals surface area contributed by atoms with Gasteiger partial charge >= 0.3 is 6.03 Å². The number of ether oxygens (including phenoxy) is 1. The van der Waals surface area contributed by atoms with Crippen LogP contribution in [0.25, 0.3) is 0 Å². The number of amides is 3. The first-order chi connectivity index (χ1) is 13.5. The Labute approximate surface area is 161 Å². The molecule has 0 fully saturated rings. The summed E-state index contributed by atoms with van der Waals surface area (Å²) in [5, 5.41) is 7.97. The molecule has 0 aromatic heterocycles. The number of benzene rings is 2. The summed E-state index contributed by atoms with van der Waals surface area (Å²) in [6.45, 7) is 1.07. The second-order valence-corrected chi connectivity index (χ2v) is 7.05. The van der Waals surface area contributed by atoms with Crippen molar-refractivity contribution in [1.29, 1.82) is 0 Å². The van der Waals surface area contributed by atoms with Crippen LogP contribution >= 0.6 is 0 Å². The van der Waals surface area contributed by atoms with Crippen LogP contribution < -0.4 is 20.7 Å². The third kappa shape index (κ3) is 3.77. The second kappa shape index (κ2) is 7.47. The first-order valence-corrected chi connectivity index (χ1v) is 9.07. The summed E-state index contributed by atoms with van der Waals surface area (Å²) in [5.41, 5.74) is 3.04. The third-order valence-electron chi connectivity index (χ3n) is 5.04. The number of hydrogen-bond donors (Lipinski definition) is 3. The van der Waals surface area contributed by atoms with E-state index in [2.05, 4.69) is 33.0 Å². The molecular weight excluding hydrogens is 363 g/mol. The molecule has 2 heterocycles. The van der Waals surface area contributed by atoms with E-state index in [1.807, 2.05) is 19.2 Å². The highest BCUT2D eigenvalue weighted by Gasteiger charge is 2.24. The number of nitrogens with zero attached hydrogens (tertiary/aromatic N) is 1. The second-order valence-electron chi connectivity index (χ2n) is 7.05. The van der Waals surface area contributed by atoms with Crippen LogP contribution in [0, 0.1) is 5.82 Å². The van der Waals surface area contributed by atoms with Gasteiger partial charge in [-0.2, -0.15) is 0 Å². The Hall–Kier alpha value is -3.13. The Morgan fingerprint density at radius 2 is 2.11 bits per heavy atom. The fraction of sp³-hybridized carbons (Fsp3) is 0.300. The Balaban J connectivity index is 1.37. The first kappa shape index (κ1) is 18.2. The SMILES string of the molecule is CN1Cc2ccccc2C[C@H]1CNC(=O)Nc1cc(F)c2c(c1)NC(=O)CO2. The highest BCUT2D eigenvalue weighted by atomic mass is 19.1. The fourth-order valence-electron chi connectivity index (χ4n) is 3.56. The monoisotopic (exact) mass is 384 g/mol. The van der Waals surface area contributed by atoms with Crippen molar-refractivity contribution in [3.63, 3.8) is 0 Å². The number of urea groups is 1. The van der Waals surface area contributed by atoms with E-state index in [0.29, 0.717) is 6.54 Å². The van der Waals surface area contributed by atoms with Gasteiger partial charge in [0.15, 0.2) is 18.2 Å². The first-order valence-electron chi connectivity index (χ1n) is 9.07. The van der Waals surface area contributed by atoms with Gasteiger partial charge in [-0.15, -0.1) is 0 Å². The molecule has 0 radical (unpaired) electrons. The molecule has 0 unspecified atom stereocenters. The number of likely N-dealkylation sites (N-methyl/N-ethyl adjacent to an activating group) is 1. The number of anilines is 2. The molecule has 1 atom stereocenters. The molecule has 146 valence electrons. The Morgan fingerprint density at radius 1 is 1.32 bits per heavy atom. The van der Waals surface area contributed by atoms with Gasteiger partial charge in [-0.05, 0) is 30.7 Å². The summed E-state index contributed by atoms with van der Waals surface area (Å²) in [6, 6.07) is 10.7. The summed E-state index contributed by atoms with van der Waals surface area (Å²) in [4.78, 5) is 25.9. The standard InChI is InChI=1S/C20H21FN4O3/c1-25-10-13-5-3-2-4-12(13)6-15(25)9-22-20(27)23-14-7-16(21)19-17(8-14)24-18(26)11-28-19/h2-5,7-8,15H,6,9-11H2,1H3,(H,24,26)(H2,22,23,27)/t15-/m0/s1. The molecule has 3 N–H and O–H groups in total. The van der Waals surface area contributed by atoms with Crippen LogP contribution in [0.15, 0.2) is 36.4 Å². The lowest BCUT2D eigenvalue weighted by atomic mass is 9.94. The maximum absolute atomic E-state index is 14.1. The van der Waals surface area contributed by atoms with Crippen molar-refractivity contribution in [3.05, 3.63) is 53.3 Å². The van der Waals surface area contributed by atoms with Crippen molar-refractivity contribution in [2.45, 2.75) is 19.0 Å². The van der Waals surface area contributed by atoms with E-state index in [9.17, 15) is 14.0 Å². The predicted octanol–water partition coefficient (Wildman–Crippen LogP) is 2.33. The van der Waals surface area contributed by atoms with Gasteiger partial charge in [0.2, 0.25) is 0 Å². The maximum atomic E-state index is 14.1. The smallest absolute Gasteiger partial charge is 0.319 e. The van der Waals surface area contributed by atoms with Crippen molar-refractivity contribution < 1.29 is 18.7 Å². The average molecular weight is 384 g/mol. The lowest BCUT2D eigenvalue weighted by Gasteiger charge is -2.34. The number of rotatable bonds is 3. The molecule has 28 heavy (non-hydrogen) atoms. The molecule has 2 aliphatic rings. The van der Waals surface area contributed by atoms with Gasteiger partial charge in [0, 0.05) is 30.9 Å². The predicted molar refractivity (Wildman–Crippen MR) is 103 cm³/mol. The summed E-state index contributed by atoms with van der Waals surface area (Å²) in [6.07, 6.45) is 0.851. The highest BCUT2D eigenvalue weighted by Crippen LogP contribution is 2.33. The number of halogens is 1. The number of carbonyl (C=O) groups excluding carboxylic acids is 2. The van der Waals surface area contributed by atoms with Gasteiger partial charge in [-0.25, -0.2) is 9.18 Å². The van der Waals surface area contributed by atoms with E-state index in [-0.39, 0.29) is 35.7 Å². The van der Waals surface area contributed by atoms with Gasteiger partial charge in [-0.1, -0.05) is 24.3 Å². The Bertz CT molecular complexity index is 934. The normalized spacial score (nSPS) is 18.4. The van der Waals surface area contributed by atoms with Crippen LogP contribution in [0.5, 0.6) is 5.75 Å². The van der Waals surface area contributed by atoms with Crippen molar-refractivity contribution in [3.8, 4) is 5.75 Å². The summed E-state index contributed by atoms with van der Waals surface area (Å²) in [5.74, 6) is -1.03. The maximum Gasteiger partial charge on any atom is 0.319 e. The van der Waals surface area contributed by atoms with E-state index in [4.69, 9.17) is 4.74 Å². The van der Waals surface area contributed by atoms with Crippen LogP contribution in [-0.2, 0) is 17.8 Å². The van der Waals surface area contributed by atoms with Crippen LogP contribution in [0.2, 0.25) is 0 Å². The van der Waals surface area contributed by atoms with Crippen LogP contribution in [-0.4, -0.2) is 43.1 Å². The molecule has 4 rings (SSSR count). The molecule has 0 saturated carbocycles. The molecular formula is C20H21FN4O3. The van der Waals surface area contributed by atoms with E-state index >= 15 is 0 Å². The number of hydrogen-bond acceptors (Lipinski definition) is 4. The van der Waals surface area contributed by atoms with Crippen LogP contribution in [0.1, 0.15) is 11.1 Å². The van der Waals surface area contributed by atoms with Gasteiger partial charge in [0.25, 0.3) is 5.91 Å². The summed E-state index contributed by atoms with van der Waals surface area (Å²) in [7, 11) is 2.03. The number of nitrogens with one attached hydrogen (secondary N) is 3. The van der Waals surface area contributed by atoms with E-state index in [1.165, 1.54) is 23.3 Å². The molecule has 0 saturated heterocycles. The summed E-state index contributed by atoms with van der Waals surface area (Å²) < 4.78 is 19.2. The average Bonchev–Trinajstić information content (AvgIpc) is 2.66. The zero-order chi connectivity index (χ0) is 19.7. The topological polar surface area (TPSA) is 82.7 Å². The van der Waals surface area contributed by atoms with Crippen molar-refractivity contribution in [2.75, 3.05) is 30.8 Å². The molecule has 2 aromatic carbocycles. The number of fused-ring (bicyclic) bond motifs is 2. The van der Waals surface area contributed by atoms with Crippen LogP contribution in [0.3, 0.4) is 0 Å². The molecule has 0 bridgehead atoms. The molecule has 0 spiro atoms. The zero-order valence-electron chi connectivity index (χ0n) is 15.4. The molecule has 0 aliphatic carbocycles. The molecule has 2 aromatic rings. The highest BCUT2D eigenvalue weighted by molar-refractivity contribution is 5.97.